The third kappa shape index (κ3) is 3.36. The summed E-state index contributed by atoms with van der Waals surface area (Å²) in [6.45, 7) is 0.936. The van der Waals surface area contributed by atoms with Gasteiger partial charge in [-0.3, -0.25) is 4.79 Å². The van der Waals surface area contributed by atoms with Gasteiger partial charge in [-0.2, -0.15) is 0 Å². The van der Waals surface area contributed by atoms with Crippen molar-refractivity contribution in [3.8, 4) is 11.5 Å². The maximum absolute atomic E-state index is 11.3. The molecule has 1 aliphatic heterocycles. The maximum atomic E-state index is 11.3. The van der Waals surface area contributed by atoms with Crippen LogP contribution >= 0.6 is 15.9 Å². The topological polar surface area (TPSA) is 47.6 Å². The lowest BCUT2D eigenvalue weighted by molar-refractivity contribution is -0.121. The molecule has 17 heavy (non-hydrogen) atoms. The van der Waals surface area contributed by atoms with E-state index in [1.165, 1.54) is 0 Å². The van der Waals surface area contributed by atoms with Gasteiger partial charge in [-0.05, 0) is 12.1 Å². The van der Waals surface area contributed by atoms with Crippen LogP contribution in [0.25, 0.3) is 0 Å². The Balaban J connectivity index is 1.84. The Morgan fingerprint density at radius 1 is 1.41 bits per heavy atom. The molecule has 1 amide bonds. The van der Waals surface area contributed by atoms with Crippen molar-refractivity contribution in [1.29, 1.82) is 0 Å². The summed E-state index contributed by atoms with van der Waals surface area (Å²) in [5, 5.41) is 3.48. The van der Waals surface area contributed by atoms with Gasteiger partial charge in [0.05, 0.1) is 6.54 Å². The van der Waals surface area contributed by atoms with Crippen molar-refractivity contribution in [3.63, 3.8) is 0 Å². The van der Waals surface area contributed by atoms with Gasteiger partial charge in [-0.15, -0.1) is 0 Å². The van der Waals surface area contributed by atoms with Crippen molar-refractivity contribution < 1.29 is 14.3 Å². The number of carbonyl (C=O) groups is 1. The van der Waals surface area contributed by atoms with Gasteiger partial charge in [0.15, 0.2) is 11.5 Å². The summed E-state index contributed by atoms with van der Waals surface area (Å²) in [4.78, 5) is 11.3. The summed E-state index contributed by atoms with van der Waals surface area (Å²) in [5.41, 5.74) is 0. The second kappa shape index (κ2) is 5.91. The molecule has 92 valence electrons. The number of ether oxygens (including phenoxy) is 2. The van der Waals surface area contributed by atoms with Crippen LogP contribution in [-0.4, -0.2) is 30.5 Å². The third-order valence-electron chi connectivity index (χ3n) is 2.42. The molecule has 4 nitrogen and oxygen atoms in total. The molecule has 0 aromatic heterocycles. The Hall–Kier alpha value is -1.23. The molecule has 1 N–H and O–H groups in total. The Bertz CT molecular complexity index is 397. The van der Waals surface area contributed by atoms with Crippen molar-refractivity contribution in [2.24, 2.45) is 0 Å². The first-order chi connectivity index (χ1) is 8.29. The van der Waals surface area contributed by atoms with Crippen LogP contribution in [-0.2, 0) is 4.79 Å². The molecule has 0 saturated carbocycles. The van der Waals surface area contributed by atoms with Crippen molar-refractivity contribution >= 4 is 21.8 Å². The van der Waals surface area contributed by atoms with Crippen LogP contribution < -0.4 is 14.8 Å². The smallest absolute Gasteiger partial charge is 0.220 e. The minimum atomic E-state index is -0.121. The van der Waals surface area contributed by atoms with Gasteiger partial charge in [-0.1, -0.05) is 28.1 Å². The van der Waals surface area contributed by atoms with E-state index in [0.29, 0.717) is 24.9 Å². The molecule has 0 bridgehead atoms. The molecule has 1 unspecified atom stereocenters. The first-order valence-corrected chi connectivity index (χ1v) is 6.63. The Labute approximate surface area is 108 Å². The molecular weight excluding hydrogens is 286 g/mol. The molecule has 1 aromatic carbocycles. The summed E-state index contributed by atoms with van der Waals surface area (Å²) in [6.07, 6.45) is 0.355. The van der Waals surface area contributed by atoms with Crippen LogP contribution in [0, 0.1) is 0 Å². The van der Waals surface area contributed by atoms with Gasteiger partial charge in [-0.25, -0.2) is 0 Å². The number of hydrogen-bond donors (Lipinski definition) is 1. The maximum Gasteiger partial charge on any atom is 0.220 e. The van der Waals surface area contributed by atoms with Gasteiger partial charge >= 0.3 is 0 Å². The molecular formula is C12H14BrNO3. The van der Waals surface area contributed by atoms with E-state index in [2.05, 4.69) is 21.2 Å². The molecule has 5 heteroatoms. The van der Waals surface area contributed by atoms with Gasteiger partial charge in [0.2, 0.25) is 5.91 Å². The molecule has 1 aliphatic rings. The fourth-order valence-electron chi connectivity index (χ4n) is 1.57. The van der Waals surface area contributed by atoms with Crippen LogP contribution in [0.1, 0.15) is 6.42 Å². The molecule has 0 saturated heterocycles. The minimum absolute atomic E-state index is 0.0179. The highest BCUT2D eigenvalue weighted by Crippen LogP contribution is 2.30. The summed E-state index contributed by atoms with van der Waals surface area (Å²) in [7, 11) is 0. The summed E-state index contributed by atoms with van der Waals surface area (Å²) >= 11 is 3.22. The number of hydrogen-bond acceptors (Lipinski definition) is 3. The van der Waals surface area contributed by atoms with Gasteiger partial charge in [0.25, 0.3) is 0 Å². The van der Waals surface area contributed by atoms with E-state index in [1.54, 1.807) is 0 Å². The highest BCUT2D eigenvalue weighted by atomic mass is 79.9. The molecule has 1 heterocycles. The lowest BCUT2D eigenvalue weighted by Gasteiger charge is -2.26. The third-order valence-corrected chi connectivity index (χ3v) is 2.81. The van der Waals surface area contributed by atoms with Crippen LogP contribution in [0.15, 0.2) is 24.3 Å². The quantitative estimate of drug-likeness (QED) is 0.862. The number of halogens is 1. The highest BCUT2D eigenvalue weighted by Gasteiger charge is 2.20. The molecule has 2 rings (SSSR count). The summed E-state index contributed by atoms with van der Waals surface area (Å²) < 4.78 is 11.3. The predicted molar refractivity (Wildman–Crippen MR) is 67.8 cm³/mol. The zero-order valence-electron chi connectivity index (χ0n) is 9.32. The number of alkyl halides is 1. The normalized spacial score (nSPS) is 17.6. The van der Waals surface area contributed by atoms with E-state index in [1.807, 2.05) is 24.3 Å². The largest absolute Gasteiger partial charge is 0.486 e. The number of rotatable bonds is 4. The average molecular weight is 300 g/mol. The van der Waals surface area contributed by atoms with Crippen LogP contribution in [0.4, 0.5) is 0 Å². The number of para-hydroxylation sites is 2. The second-order valence-electron chi connectivity index (χ2n) is 3.74. The zero-order valence-corrected chi connectivity index (χ0v) is 10.9. The van der Waals surface area contributed by atoms with E-state index in [9.17, 15) is 4.79 Å². The first-order valence-electron chi connectivity index (χ1n) is 5.50. The van der Waals surface area contributed by atoms with Gasteiger partial charge < -0.3 is 14.8 Å². The Morgan fingerprint density at radius 3 is 2.94 bits per heavy atom. The van der Waals surface area contributed by atoms with Gasteiger partial charge in [0.1, 0.15) is 12.7 Å². The second-order valence-corrected chi connectivity index (χ2v) is 4.53. The van der Waals surface area contributed by atoms with Crippen molar-refractivity contribution in [2.75, 3.05) is 18.5 Å². The fraction of sp³-hybridized carbons (Fsp3) is 0.417. The standard InChI is InChI=1S/C12H14BrNO3/c13-6-5-12(15)14-7-9-8-16-10-3-1-2-4-11(10)17-9/h1-4,9H,5-8H2,(H,14,15). The van der Waals surface area contributed by atoms with E-state index < -0.39 is 0 Å². The van der Waals surface area contributed by atoms with Crippen molar-refractivity contribution in [2.45, 2.75) is 12.5 Å². The number of nitrogens with one attached hydrogen (secondary N) is 1. The first kappa shape index (κ1) is 12.2. The Morgan fingerprint density at radius 2 is 2.18 bits per heavy atom. The zero-order chi connectivity index (χ0) is 12.1. The van der Waals surface area contributed by atoms with Crippen LogP contribution in [0.2, 0.25) is 0 Å². The van der Waals surface area contributed by atoms with Crippen LogP contribution in [0.5, 0.6) is 11.5 Å². The lowest BCUT2D eigenvalue weighted by atomic mass is 10.2. The SMILES string of the molecule is O=C(CCBr)NCC1COc2ccccc2O1. The molecule has 1 aromatic rings. The summed E-state index contributed by atoms with van der Waals surface area (Å²) in [5.74, 6) is 1.51. The van der Waals surface area contributed by atoms with Crippen LogP contribution in [0.3, 0.4) is 0 Å². The van der Waals surface area contributed by atoms with Crippen molar-refractivity contribution in [1.82, 2.24) is 5.32 Å². The summed E-state index contributed by atoms with van der Waals surface area (Å²) in [6, 6.07) is 7.53. The molecule has 1 atom stereocenters. The molecule has 0 radical (unpaired) electrons. The van der Waals surface area contributed by atoms with E-state index in [-0.39, 0.29) is 12.0 Å². The number of carbonyl (C=O) groups excluding carboxylic acids is 1. The number of benzene rings is 1. The average Bonchev–Trinajstić information content (AvgIpc) is 2.36. The van der Waals surface area contributed by atoms with E-state index >= 15 is 0 Å². The molecule has 0 spiro atoms. The monoisotopic (exact) mass is 299 g/mol. The Kier molecular flexibility index (Phi) is 4.25. The predicted octanol–water partition coefficient (Wildman–Crippen LogP) is 1.73. The highest BCUT2D eigenvalue weighted by molar-refractivity contribution is 9.09. The number of amides is 1. The van der Waals surface area contributed by atoms with E-state index in [4.69, 9.17) is 9.47 Å². The number of fused-ring (bicyclic) bond motifs is 1. The minimum Gasteiger partial charge on any atom is -0.486 e. The van der Waals surface area contributed by atoms with E-state index in [0.717, 1.165) is 11.5 Å². The van der Waals surface area contributed by atoms with Crippen molar-refractivity contribution in [3.05, 3.63) is 24.3 Å². The van der Waals surface area contributed by atoms with Gasteiger partial charge in [0, 0.05) is 11.8 Å². The molecule has 0 aliphatic carbocycles. The lowest BCUT2D eigenvalue weighted by Crippen LogP contribution is -2.40. The fourth-order valence-corrected chi connectivity index (χ4v) is 1.93. The molecule has 0 fully saturated rings.